The Labute approximate surface area is 130 Å². The highest BCUT2D eigenvalue weighted by Gasteiger charge is 2.28. The fourth-order valence-corrected chi connectivity index (χ4v) is 3.06. The van der Waals surface area contributed by atoms with E-state index in [9.17, 15) is 0 Å². The van der Waals surface area contributed by atoms with Crippen LogP contribution < -0.4 is 0 Å². The lowest BCUT2D eigenvalue weighted by Gasteiger charge is -2.36. The third-order valence-electron chi connectivity index (χ3n) is 4.23. The van der Waals surface area contributed by atoms with Gasteiger partial charge in [-0.05, 0) is 31.5 Å². The molecule has 1 unspecified atom stereocenters. The van der Waals surface area contributed by atoms with Gasteiger partial charge in [-0.15, -0.1) is 0 Å². The molecule has 1 aliphatic rings. The van der Waals surface area contributed by atoms with E-state index in [4.69, 9.17) is 10.00 Å². The Kier molecular flexibility index (Phi) is 4.23. The zero-order valence-electron chi connectivity index (χ0n) is 13.0. The molecule has 0 radical (unpaired) electrons. The lowest BCUT2D eigenvalue weighted by molar-refractivity contribution is -0.0131. The summed E-state index contributed by atoms with van der Waals surface area (Å²) in [5, 5.41) is 16.3. The van der Waals surface area contributed by atoms with Crippen LogP contribution in [0.3, 0.4) is 0 Å². The van der Waals surface area contributed by atoms with Crippen molar-refractivity contribution < 1.29 is 4.74 Å². The van der Waals surface area contributed by atoms with Crippen molar-refractivity contribution in [3.05, 3.63) is 52.3 Å². The molecule has 1 N–H and O–H groups in total. The molecule has 0 bridgehead atoms. The van der Waals surface area contributed by atoms with Gasteiger partial charge in [0.05, 0.1) is 36.6 Å². The zero-order valence-corrected chi connectivity index (χ0v) is 13.0. The highest BCUT2D eigenvalue weighted by atomic mass is 16.5. The van der Waals surface area contributed by atoms with Gasteiger partial charge in [-0.25, -0.2) is 0 Å². The first-order chi connectivity index (χ1) is 10.7. The highest BCUT2D eigenvalue weighted by molar-refractivity contribution is 5.32. The number of ether oxygens (including phenoxy) is 1. The molecule has 0 aliphatic carbocycles. The van der Waals surface area contributed by atoms with E-state index in [0.717, 1.165) is 31.1 Å². The first-order valence-electron chi connectivity index (χ1n) is 7.51. The van der Waals surface area contributed by atoms with Crippen LogP contribution in [0.4, 0.5) is 0 Å². The number of benzene rings is 1. The van der Waals surface area contributed by atoms with E-state index >= 15 is 0 Å². The Morgan fingerprint density at radius 1 is 1.36 bits per heavy atom. The van der Waals surface area contributed by atoms with Gasteiger partial charge >= 0.3 is 0 Å². The third kappa shape index (κ3) is 2.89. The quantitative estimate of drug-likeness (QED) is 0.945. The molecule has 0 amide bonds. The van der Waals surface area contributed by atoms with Crippen LogP contribution in [0.25, 0.3) is 0 Å². The number of hydrogen-bond acceptors (Lipinski definition) is 4. The standard InChI is InChI=1S/C17H20N4O/c1-12-17(13(2)20-19-12)16-11-22-8-7-21(16)10-15-5-3-14(9-18)4-6-15/h3-6,16H,7-8,10-11H2,1-2H3,(H,19,20). The molecule has 1 fully saturated rings. The van der Waals surface area contributed by atoms with Gasteiger partial charge in [-0.1, -0.05) is 12.1 Å². The first kappa shape index (κ1) is 14.8. The highest BCUT2D eigenvalue weighted by Crippen LogP contribution is 2.29. The maximum atomic E-state index is 8.89. The van der Waals surface area contributed by atoms with E-state index < -0.39 is 0 Å². The summed E-state index contributed by atoms with van der Waals surface area (Å²) in [5.74, 6) is 0. The second-order valence-electron chi connectivity index (χ2n) is 5.72. The molecule has 1 aromatic carbocycles. The van der Waals surface area contributed by atoms with Gasteiger partial charge in [0.2, 0.25) is 0 Å². The van der Waals surface area contributed by atoms with E-state index in [1.807, 2.05) is 31.2 Å². The Morgan fingerprint density at radius 3 is 2.77 bits per heavy atom. The summed E-state index contributed by atoms with van der Waals surface area (Å²) in [4.78, 5) is 2.43. The van der Waals surface area contributed by atoms with Crippen LogP contribution in [0.1, 0.15) is 34.1 Å². The second-order valence-corrected chi connectivity index (χ2v) is 5.72. The minimum atomic E-state index is 0.225. The SMILES string of the molecule is Cc1n[nH]c(C)c1C1COCCN1Cc1ccc(C#N)cc1. The number of morpholine rings is 1. The maximum Gasteiger partial charge on any atom is 0.0991 e. The lowest BCUT2D eigenvalue weighted by Crippen LogP contribution is -2.39. The molecule has 1 saturated heterocycles. The molecule has 22 heavy (non-hydrogen) atoms. The summed E-state index contributed by atoms with van der Waals surface area (Å²) in [6.45, 7) is 7.29. The fourth-order valence-electron chi connectivity index (χ4n) is 3.06. The number of aryl methyl sites for hydroxylation is 2. The minimum Gasteiger partial charge on any atom is -0.378 e. The van der Waals surface area contributed by atoms with Crippen molar-refractivity contribution in [3.63, 3.8) is 0 Å². The van der Waals surface area contributed by atoms with Crippen molar-refractivity contribution in [2.24, 2.45) is 0 Å². The van der Waals surface area contributed by atoms with E-state index in [-0.39, 0.29) is 6.04 Å². The summed E-state index contributed by atoms with van der Waals surface area (Å²) in [5.41, 5.74) is 5.30. The number of rotatable bonds is 3. The molecule has 2 aromatic rings. The summed E-state index contributed by atoms with van der Waals surface area (Å²) in [7, 11) is 0. The summed E-state index contributed by atoms with van der Waals surface area (Å²) in [6, 6.07) is 10.2. The zero-order chi connectivity index (χ0) is 15.5. The van der Waals surface area contributed by atoms with E-state index in [2.05, 4.69) is 28.1 Å². The number of nitriles is 1. The van der Waals surface area contributed by atoms with Gasteiger partial charge < -0.3 is 4.74 Å². The minimum absolute atomic E-state index is 0.225. The molecular weight excluding hydrogens is 276 g/mol. The second kappa shape index (κ2) is 6.30. The summed E-state index contributed by atoms with van der Waals surface area (Å²) >= 11 is 0. The molecule has 5 heteroatoms. The van der Waals surface area contributed by atoms with Gasteiger partial charge in [0.15, 0.2) is 0 Å². The number of aromatic amines is 1. The predicted octanol–water partition coefficient (Wildman–Crippen LogP) is 2.47. The Balaban J connectivity index is 1.82. The van der Waals surface area contributed by atoms with Crippen LogP contribution in [0.5, 0.6) is 0 Å². The van der Waals surface area contributed by atoms with Crippen LogP contribution >= 0.6 is 0 Å². The van der Waals surface area contributed by atoms with Crippen molar-refractivity contribution >= 4 is 0 Å². The molecule has 1 aliphatic heterocycles. The number of nitrogens with one attached hydrogen (secondary N) is 1. The monoisotopic (exact) mass is 296 g/mol. The fraction of sp³-hybridized carbons (Fsp3) is 0.412. The topological polar surface area (TPSA) is 64.9 Å². The first-order valence-corrected chi connectivity index (χ1v) is 7.51. The lowest BCUT2D eigenvalue weighted by atomic mass is 10.0. The maximum absolute atomic E-state index is 8.89. The normalized spacial score (nSPS) is 19.0. The van der Waals surface area contributed by atoms with E-state index in [0.29, 0.717) is 12.2 Å². The van der Waals surface area contributed by atoms with Gasteiger partial charge in [0.1, 0.15) is 0 Å². The van der Waals surface area contributed by atoms with Crippen molar-refractivity contribution in [3.8, 4) is 6.07 Å². The molecule has 1 aromatic heterocycles. The van der Waals surface area contributed by atoms with Crippen molar-refractivity contribution in [2.75, 3.05) is 19.8 Å². The molecule has 0 saturated carbocycles. The van der Waals surface area contributed by atoms with Crippen LogP contribution in [0.15, 0.2) is 24.3 Å². The Morgan fingerprint density at radius 2 is 2.14 bits per heavy atom. The average Bonchev–Trinajstić information content (AvgIpc) is 2.88. The van der Waals surface area contributed by atoms with Gasteiger partial charge in [0.25, 0.3) is 0 Å². The molecule has 5 nitrogen and oxygen atoms in total. The molecule has 114 valence electrons. The van der Waals surface area contributed by atoms with Crippen molar-refractivity contribution in [1.29, 1.82) is 5.26 Å². The van der Waals surface area contributed by atoms with Crippen LogP contribution in [-0.4, -0.2) is 34.9 Å². The van der Waals surface area contributed by atoms with E-state index in [1.165, 1.54) is 11.1 Å². The van der Waals surface area contributed by atoms with E-state index in [1.54, 1.807) is 0 Å². The largest absolute Gasteiger partial charge is 0.378 e. The van der Waals surface area contributed by atoms with Gasteiger partial charge in [0, 0.05) is 24.3 Å². The number of hydrogen-bond donors (Lipinski definition) is 1. The molecule has 0 spiro atoms. The smallest absolute Gasteiger partial charge is 0.0991 e. The molecule has 1 atom stereocenters. The van der Waals surface area contributed by atoms with Crippen LogP contribution in [-0.2, 0) is 11.3 Å². The van der Waals surface area contributed by atoms with Gasteiger partial charge in [-0.2, -0.15) is 10.4 Å². The van der Waals surface area contributed by atoms with Crippen LogP contribution in [0, 0.1) is 25.2 Å². The van der Waals surface area contributed by atoms with Crippen molar-refractivity contribution in [2.45, 2.75) is 26.4 Å². The Bertz CT molecular complexity index is 664. The van der Waals surface area contributed by atoms with Gasteiger partial charge in [-0.3, -0.25) is 10.00 Å². The predicted molar refractivity (Wildman–Crippen MR) is 83.2 cm³/mol. The number of nitrogens with zero attached hydrogens (tertiary/aromatic N) is 3. The summed E-state index contributed by atoms with van der Waals surface area (Å²) in [6.07, 6.45) is 0. The third-order valence-corrected chi connectivity index (χ3v) is 4.23. The Hall–Kier alpha value is -2.16. The van der Waals surface area contributed by atoms with Crippen LogP contribution in [0.2, 0.25) is 0 Å². The molecular formula is C17H20N4O. The summed E-state index contributed by atoms with van der Waals surface area (Å²) < 4.78 is 5.69. The molecule has 3 rings (SSSR count). The average molecular weight is 296 g/mol. The number of H-pyrrole nitrogens is 1. The molecule has 2 heterocycles. The van der Waals surface area contributed by atoms with Crippen molar-refractivity contribution in [1.82, 2.24) is 15.1 Å². The number of aromatic nitrogens is 2.